The number of fused-ring (bicyclic) bond motifs is 1. The van der Waals surface area contributed by atoms with Gasteiger partial charge in [0.15, 0.2) is 5.17 Å². The number of nitrogens with two attached hydrogens (primary N) is 1. The van der Waals surface area contributed by atoms with E-state index in [0.29, 0.717) is 22.7 Å². The molecule has 2 aliphatic heterocycles. The van der Waals surface area contributed by atoms with E-state index in [1.165, 1.54) is 23.9 Å². The number of aromatic nitrogens is 2. The third-order valence-electron chi connectivity index (χ3n) is 5.08. The second-order valence-corrected chi connectivity index (χ2v) is 7.71. The molecule has 1 aromatic carbocycles. The molecule has 2 aromatic rings. The Morgan fingerprint density at radius 1 is 1.50 bits per heavy atom. The van der Waals surface area contributed by atoms with Crippen LogP contribution >= 0.6 is 11.8 Å². The molecular weight excluding hydrogens is 353 g/mol. The first-order chi connectivity index (χ1) is 12.5. The molecule has 3 heterocycles. The molecule has 26 heavy (non-hydrogen) atoms. The first kappa shape index (κ1) is 17.1. The van der Waals surface area contributed by atoms with Crippen molar-refractivity contribution in [3.8, 4) is 6.07 Å². The van der Waals surface area contributed by atoms with Crippen LogP contribution in [0.2, 0.25) is 0 Å². The second kappa shape index (κ2) is 6.41. The van der Waals surface area contributed by atoms with Crippen LogP contribution in [0.4, 0.5) is 4.39 Å². The molecule has 0 spiro atoms. The van der Waals surface area contributed by atoms with E-state index < -0.39 is 5.54 Å². The van der Waals surface area contributed by atoms with Crippen molar-refractivity contribution < 1.29 is 9.13 Å². The molecule has 1 fully saturated rings. The number of hydrogen-bond acceptors (Lipinski definition) is 6. The lowest BCUT2D eigenvalue weighted by Gasteiger charge is -2.46. The lowest BCUT2D eigenvalue weighted by Crippen LogP contribution is -2.48. The standard InChI is InChI=1S/C18H18FN5OS/c1-24-8-12(7-22-24)16-5-13-9-26-17(21)23-18(13,10-25-16)14-4-11(6-20)2-3-15(14)19/h2-4,7-8,13,16H,5,9-10H2,1H3,(H2,21,23)/t13-,16+,18?/m0/s1. The molecule has 1 saturated heterocycles. The first-order valence-corrected chi connectivity index (χ1v) is 9.29. The van der Waals surface area contributed by atoms with E-state index >= 15 is 0 Å². The van der Waals surface area contributed by atoms with Crippen molar-refractivity contribution >= 4 is 16.9 Å². The van der Waals surface area contributed by atoms with Gasteiger partial charge in [0.2, 0.25) is 0 Å². The quantitative estimate of drug-likeness (QED) is 0.876. The highest BCUT2D eigenvalue weighted by atomic mass is 32.2. The second-order valence-electron chi connectivity index (χ2n) is 6.67. The smallest absolute Gasteiger partial charge is 0.154 e. The Balaban J connectivity index is 1.75. The van der Waals surface area contributed by atoms with E-state index in [1.54, 1.807) is 16.9 Å². The van der Waals surface area contributed by atoms with Gasteiger partial charge in [-0.15, -0.1) is 0 Å². The number of ether oxygens (including phenoxy) is 1. The third kappa shape index (κ3) is 2.77. The predicted octanol–water partition coefficient (Wildman–Crippen LogP) is 2.47. The molecule has 6 nitrogen and oxygen atoms in total. The minimum absolute atomic E-state index is 0.0437. The molecule has 2 aliphatic rings. The molecule has 1 aromatic heterocycles. The van der Waals surface area contributed by atoms with Crippen molar-refractivity contribution in [2.24, 2.45) is 23.7 Å². The minimum Gasteiger partial charge on any atom is -0.379 e. The number of hydrogen-bond donors (Lipinski definition) is 1. The van der Waals surface area contributed by atoms with E-state index in [9.17, 15) is 9.65 Å². The Morgan fingerprint density at radius 2 is 2.35 bits per heavy atom. The molecule has 8 heteroatoms. The largest absolute Gasteiger partial charge is 0.379 e. The van der Waals surface area contributed by atoms with Crippen LogP contribution in [0.25, 0.3) is 0 Å². The van der Waals surface area contributed by atoms with E-state index in [-0.39, 0.29) is 24.4 Å². The zero-order chi connectivity index (χ0) is 18.3. The van der Waals surface area contributed by atoms with Gasteiger partial charge in [0, 0.05) is 36.0 Å². The van der Waals surface area contributed by atoms with Gasteiger partial charge < -0.3 is 10.5 Å². The average molecular weight is 371 g/mol. The van der Waals surface area contributed by atoms with E-state index in [1.807, 2.05) is 13.2 Å². The van der Waals surface area contributed by atoms with Gasteiger partial charge in [-0.3, -0.25) is 4.68 Å². The molecule has 1 unspecified atom stereocenters. The molecule has 0 saturated carbocycles. The Hall–Kier alpha value is -2.37. The average Bonchev–Trinajstić information content (AvgIpc) is 3.08. The first-order valence-electron chi connectivity index (χ1n) is 8.30. The molecule has 0 radical (unpaired) electrons. The molecule has 2 N–H and O–H groups in total. The number of thioether (sulfide) groups is 1. The van der Waals surface area contributed by atoms with E-state index in [0.717, 1.165) is 11.3 Å². The summed E-state index contributed by atoms with van der Waals surface area (Å²) >= 11 is 1.48. The number of nitriles is 1. The number of aliphatic imine (C=N–C) groups is 1. The predicted molar refractivity (Wildman–Crippen MR) is 96.9 cm³/mol. The fraction of sp³-hybridized carbons (Fsp3) is 0.389. The number of nitrogens with zero attached hydrogens (tertiary/aromatic N) is 4. The van der Waals surface area contributed by atoms with Crippen molar-refractivity contribution in [1.82, 2.24) is 9.78 Å². The highest BCUT2D eigenvalue weighted by molar-refractivity contribution is 8.13. The van der Waals surface area contributed by atoms with Crippen molar-refractivity contribution in [3.05, 3.63) is 53.1 Å². The number of halogens is 1. The SMILES string of the molecule is Cn1cc([C@H]2C[C@H]3CSC(N)=NC3(c3cc(C#N)ccc3F)CO2)cn1. The Kier molecular flexibility index (Phi) is 4.21. The number of benzene rings is 1. The Labute approximate surface area is 154 Å². The summed E-state index contributed by atoms with van der Waals surface area (Å²) in [4.78, 5) is 4.64. The van der Waals surface area contributed by atoms with Gasteiger partial charge in [-0.05, 0) is 24.6 Å². The van der Waals surface area contributed by atoms with Gasteiger partial charge in [0.1, 0.15) is 11.4 Å². The molecule has 134 valence electrons. The monoisotopic (exact) mass is 371 g/mol. The molecule has 0 bridgehead atoms. The zero-order valence-electron chi connectivity index (χ0n) is 14.2. The van der Waals surface area contributed by atoms with Gasteiger partial charge in [0.25, 0.3) is 0 Å². The molecular formula is C18H18FN5OS. The summed E-state index contributed by atoms with van der Waals surface area (Å²) in [5.41, 5.74) is 6.88. The Morgan fingerprint density at radius 3 is 3.08 bits per heavy atom. The fourth-order valence-corrected chi connectivity index (χ4v) is 4.75. The maximum Gasteiger partial charge on any atom is 0.154 e. The highest BCUT2D eigenvalue weighted by Crippen LogP contribution is 2.49. The Bertz CT molecular complexity index is 921. The van der Waals surface area contributed by atoms with Gasteiger partial charge in [0.05, 0.1) is 30.5 Å². The summed E-state index contributed by atoms with van der Waals surface area (Å²) in [5.74, 6) is 0.383. The van der Waals surface area contributed by atoms with Crippen LogP contribution in [-0.4, -0.2) is 27.3 Å². The van der Waals surface area contributed by atoms with Crippen LogP contribution < -0.4 is 5.73 Å². The number of aryl methyl sites for hydroxylation is 1. The summed E-state index contributed by atoms with van der Waals surface area (Å²) in [7, 11) is 1.86. The van der Waals surface area contributed by atoms with Crippen LogP contribution in [0.1, 0.15) is 29.2 Å². The van der Waals surface area contributed by atoms with Crippen LogP contribution in [-0.2, 0) is 17.3 Å². The van der Waals surface area contributed by atoms with Gasteiger partial charge >= 0.3 is 0 Å². The maximum atomic E-state index is 14.7. The lowest BCUT2D eigenvalue weighted by molar-refractivity contribution is -0.0587. The lowest BCUT2D eigenvalue weighted by atomic mass is 9.74. The van der Waals surface area contributed by atoms with Gasteiger partial charge in [-0.2, -0.15) is 10.4 Å². The summed E-state index contributed by atoms with van der Waals surface area (Å²) in [6.45, 7) is 0.213. The fourth-order valence-electron chi connectivity index (χ4n) is 3.73. The van der Waals surface area contributed by atoms with Crippen LogP contribution in [0.5, 0.6) is 0 Å². The van der Waals surface area contributed by atoms with E-state index in [2.05, 4.69) is 16.2 Å². The summed E-state index contributed by atoms with van der Waals surface area (Å²) < 4.78 is 22.6. The van der Waals surface area contributed by atoms with Crippen molar-refractivity contribution in [3.63, 3.8) is 0 Å². The van der Waals surface area contributed by atoms with Crippen LogP contribution in [0.15, 0.2) is 35.6 Å². The van der Waals surface area contributed by atoms with Gasteiger partial charge in [-0.1, -0.05) is 11.8 Å². The van der Waals surface area contributed by atoms with Crippen molar-refractivity contribution in [2.45, 2.75) is 18.1 Å². The number of rotatable bonds is 2. The topological polar surface area (TPSA) is 89.2 Å². The van der Waals surface area contributed by atoms with Crippen LogP contribution in [0, 0.1) is 23.1 Å². The zero-order valence-corrected chi connectivity index (χ0v) is 15.0. The highest BCUT2D eigenvalue weighted by Gasteiger charge is 2.49. The van der Waals surface area contributed by atoms with Gasteiger partial charge in [-0.25, -0.2) is 9.38 Å². The molecule has 0 amide bonds. The molecule has 3 atom stereocenters. The van der Waals surface area contributed by atoms with Crippen molar-refractivity contribution in [1.29, 1.82) is 5.26 Å². The normalized spacial score (nSPS) is 28.1. The van der Waals surface area contributed by atoms with E-state index in [4.69, 9.17) is 10.5 Å². The van der Waals surface area contributed by atoms with Crippen LogP contribution in [0.3, 0.4) is 0 Å². The molecule has 0 aliphatic carbocycles. The summed E-state index contributed by atoms with van der Waals surface area (Å²) in [6, 6.07) is 6.43. The summed E-state index contributed by atoms with van der Waals surface area (Å²) in [6.07, 6.45) is 4.30. The third-order valence-corrected chi connectivity index (χ3v) is 6.04. The minimum atomic E-state index is -0.898. The summed E-state index contributed by atoms with van der Waals surface area (Å²) in [5, 5.41) is 13.8. The number of amidine groups is 1. The van der Waals surface area contributed by atoms with Crippen molar-refractivity contribution in [2.75, 3.05) is 12.4 Å². The maximum absolute atomic E-state index is 14.7. The molecule has 4 rings (SSSR count).